The first-order chi connectivity index (χ1) is 13.0. The lowest BCUT2D eigenvalue weighted by Gasteiger charge is -2.21. The van der Waals surface area contributed by atoms with Crippen LogP contribution in [0.1, 0.15) is 26.7 Å². The number of likely N-dealkylation sites (N-methyl/N-ethyl adjacent to an activating group) is 1. The van der Waals surface area contributed by atoms with Gasteiger partial charge in [-0.25, -0.2) is 13.1 Å². The van der Waals surface area contributed by atoms with Gasteiger partial charge in [-0.2, -0.15) is 0 Å². The van der Waals surface area contributed by atoms with Crippen molar-refractivity contribution in [1.82, 2.24) is 20.3 Å². The molecule has 1 aliphatic rings. The number of rotatable bonds is 9. The molecular formula is C18H31ClIN5O2S. The second kappa shape index (κ2) is 12.8. The molecule has 0 radical (unpaired) electrons. The Kier molecular flexibility index (Phi) is 11.7. The molecule has 0 spiro atoms. The Labute approximate surface area is 190 Å². The Hall–Kier alpha value is -0.620. The van der Waals surface area contributed by atoms with Crippen molar-refractivity contribution >= 4 is 51.6 Å². The van der Waals surface area contributed by atoms with Gasteiger partial charge in [-0.3, -0.25) is 9.89 Å². The fraction of sp³-hybridized carbons (Fsp3) is 0.611. The van der Waals surface area contributed by atoms with Crippen molar-refractivity contribution in [2.45, 2.75) is 37.6 Å². The molecule has 1 fully saturated rings. The lowest BCUT2D eigenvalue weighted by molar-refractivity contribution is 0.273. The van der Waals surface area contributed by atoms with Gasteiger partial charge in [0.15, 0.2) is 5.96 Å². The smallest absolute Gasteiger partial charge is 0.240 e. The molecule has 2 rings (SSSR count). The van der Waals surface area contributed by atoms with Gasteiger partial charge in [-0.1, -0.05) is 24.6 Å². The van der Waals surface area contributed by atoms with Crippen LogP contribution in [0.25, 0.3) is 0 Å². The molecule has 0 saturated carbocycles. The van der Waals surface area contributed by atoms with Crippen molar-refractivity contribution in [3.63, 3.8) is 0 Å². The van der Waals surface area contributed by atoms with E-state index in [0.717, 1.165) is 26.2 Å². The quantitative estimate of drug-likeness (QED) is 0.193. The number of benzene rings is 1. The first-order valence-corrected chi connectivity index (χ1v) is 11.3. The van der Waals surface area contributed by atoms with Crippen LogP contribution >= 0.6 is 35.6 Å². The van der Waals surface area contributed by atoms with Crippen molar-refractivity contribution in [2.24, 2.45) is 4.99 Å². The number of nitrogens with zero attached hydrogens (tertiary/aromatic N) is 2. The molecule has 1 heterocycles. The normalized spacial score (nSPS) is 18.0. The molecule has 1 saturated heterocycles. The number of guanidine groups is 1. The van der Waals surface area contributed by atoms with Crippen LogP contribution in [0, 0.1) is 0 Å². The van der Waals surface area contributed by atoms with Crippen LogP contribution in [-0.2, 0) is 10.0 Å². The maximum atomic E-state index is 12.3. The van der Waals surface area contributed by atoms with E-state index in [9.17, 15) is 8.42 Å². The van der Waals surface area contributed by atoms with Gasteiger partial charge >= 0.3 is 0 Å². The first kappa shape index (κ1) is 25.4. The molecule has 7 nitrogen and oxygen atoms in total. The average Bonchev–Trinajstić information content (AvgIpc) is 3.10. The first-order valence-electron chi connectivity index (χ1n) is 9.47. The van der Waals surface area contributed by atoms with E-state index in [1.165, 1.54) is 25.0 Å². The van der Waals surface area contributed by atoms with Crippen LogP contribution in [0.15, 0.2) is 34.2 Å². The Morgan fingerprint density at radius 3 is 2.75 bits per heavy atom. The minimum absolute atomic E-state index is 0. The van der Waals surface area contributed by atoms with Gasteiger partial charge < -0.3 is 10.6 Å². The zero-order valence-electron chi connectivity index (χ0n) is 16.4. The molecule has 160 valence electrons. The molecule has 1 aliphatic heterocycles. The molecule has 1 aromatic rings. The topological polar surface area (TPSA) is 85.8 Å². The molecule has 0 aromatic heterocycles. The molecule has 0 aliphatic carbocycles. The van der Waals surface area contributed by atoms with E-state index in [0.29, 0.717) is 23.6 Å². The van der Waals surface area contributed by atoms with Crippen molar-refractivity contribution in [1.29, 1.82) is 0 Å². The maximum absolute atomic E-state index is 12.3. The number of halogens is 2. The maximum Gasteiger partial charge on any atom is 0.240 e. The molecule has 0 bridgehead atoms. The van der Waals surface area contributed by atoms with Crippen molar-refractivity contribution in [2.75, 3.05) is 39.3 Å². The molecule has 10 heteroatoms. The fourth-order valence-electron chi connectivity index (χ4n) is 3.14. The second-order valence-corrected chi connectivity index (χ2v) is 8.63. The number of nitrogens with one attached hydrogen (secondary N) is 3. The van der Waals surface area contributed by atoms with E-state index >= 15 is 0 Å². The van der Waals surface area contributed by atoms with Gasteiger partial charge in [0.05, 0.1) is 11.4 Å². The van der Waals surface area contributed by atoms with Gasteiger partial charge in [0, 0.05) is 30.7 Å². The summed E-state index contributed by atoms with van der Waals surface area (Å²) in [7, 11) is -3.57. The van der Waals surface area contributed by atoms with Crippen LogP contribution in [0.2, 0.25) is 5.02 Å². The molecule has 3 N–H and O–H groups in total. The van der Waals surface area contributed by atoms with Crippen LogP contribution in [0.4, 0.5) is 0 Å². The van der Waals surface area contributed by atoms with E-state index in [1.807, 2.05) is 6.92 Å². The predicted octanol–water partition coefficient (Wildman–Crippen LogP) is 2.28. The summed E-state index contributed by atoms with van der Waals surface area (Å²) in [6.45, 7) is 8.57. The van der Waals surface area contributed by atoms with E-state index in [-0.39, 0.29) is 35.4 Å². The zero-order valence-corrected chi connectivity index (χ0v) is 20.4. The number of likely N-dealkylation sites (tertiary alicyclic amines) is 1. The molecular weight excluding hydrogens is 513 g/mol. The van der Waals surface area contributed by atoms with Crippen molar-refractivity contribution in [3.8, 4) is 0 Å². The third-order valence-electron chi connectivity index (χ3n) is 4.53. The SMILES string of the molecule is CCNC(=NCC1CCCN1CC)NCCNS(=O)(=O)c1cccc(Cl)c1.I. The van der Waals surface area contributed by atoms with E-state index < -0.39 is 10.0 Å². The largest absolute Gasteiger partial charge is 0.357 e. The Morgan fingerprint density at radius 1 is 1.29 bits per heavy atom. The summed E-state index contributed by atoms with van der Waals surface area (Å²) in [5.74, 6) is 0.711. The number of aliphatic imine (C=N–C) groups is 1. The Balaban J connectivity index is 0.00000392. The van der Waals surface area contributed by atoms with Gasteiger partial charge in [-0.05, 0) is 51.1 Å². The van der Waals surface area contributed by atoms with Crippen LogP contribution in [-0.4, -0.2) is 64.6 Å². The van der Waals surface area contributed by atoms with Gasteiger partial charge in [0.1, 0.15) is 0 Å². The highest BCUT2D eigenvalue weighted by Gasteiger charge is 2.22. The van der Waals surface area contributed by atoms with Crippen LogP contribution in [0.3, 0.4) is 0 Å². The van der Waals surface area contributed by atoms with Gasteiger partial charge in [0.25, 0.3) is 0 Å². The molecule has 0 amide bonds. The number of hydrogen-bond acceptors (Lipinski definition) is 4. The molecule has 1 atom stereocenters. The van der Waals surface area contributed by atoms with E-state index in [2.05, 4.69) is 32.2 Å². The summed E-state index contributed by atoms with van der Waals surface area (Å²) in [6, 6.07) is 6.71. The Morgan fingerprint density at radius 2 is 2.07 bits per heavy atom. The minimum atomic E-state index is -3.57. The Bertz CT molecular complexity index is 732. The van der Waals surface area contributed by atoms with Crippen molar-refractivity contribution in [3.05, 3.63) is 29.3 Å². The predicted molar refractivity (Wildman–Crippen MR) is 126 cm³/mol. The number of hydrogen-bond donors (Lipinski definition) is 3. The summed E-state index contributed by atoms with van der Waals surface area (Å²) >= 11 is 5.87. The van der Waals surface area contributed by atoms with Crippen LogP contribution < -0.4 is 15.4 Å². The zero-order chi connectivity index (χ0) is 19.7. The molecule has 1 aromatic carbocycles. The lowest BCUT2D eigenvalue weighted by atomic mass is 10.2. The highest BCUT2D eigenvalue weighted by molar-refractivity contribution is 14.0. The highest BCUT2D eigenvalue weighted by atomic mass is 127. The summed E-state index contributed by atoms with van der Waals surface area (Å²) in [5.41, 5.74) is 0. The summed E-state index contributed by atoms with van der Waals surface area (Å²) in [5, 5.41) is 6.78. The molecule has 28 heavy (non-hydrogen) atoms. The fourth-order valence-corrected chi connectivity index (χ4v) is 4.47. The standard InChI is InChI=1S/C18H30ClN5O2S.HI/c1-3-20-18(22-14-16-8-6-12-24(16)4-2)21-10-11-23-27(25,26)17-9-5-7-15(19)13-17;/h5,7,9,13,16,23H,3-4,6,8,10-12,14H2,1-2H3,(H2,20,21,22);1H. The molecule has 1 unspecified atom stereocenters. The number of sulfonamides is 1. The average molecular weight is 544 g/mol. The van der Waals surface area contributed by atoms with Gasteiger partial charge in [-0.15, -0.1) is 24.0 Å². The summed E-state index contributed by atoms with van der Waals surface area (Å²) in [4.78, 5) is 7.27. The van der Waals surface area contributed by atoms with Crippen molar-refractivity contribution < 1.29 is 8.42 Å². The second-order valence-electron chi connectivity index (χ2n) is 6.43. The summed E-state index contributed by atoms with van der Waals surface area (Å²) in [6.07, 6.45) is 2.40. The third-order valence-corrected chi connectivity index (χ3v) is 6.22. The van der Waals surface area contributed by atoms with E-state index in [1.54, 1.807) is 12.1 Å². The van der Waals surface area contributed by atoms with Crippen LogP contribution in [0.5, 0.6) is 0 Å². The summed E-state index contributed by atoms with van der Waals surface area (Å²) < 4.78 is 27.1. The lowest BCUT2D eigenvalue weighted by Crippen LogP contribution is -2.42. The highest BCUT2D eigenvalue weighted by Crippen LogP contribution is 2.16. The third kappa shape index (κ3) is 8.02. The monoisotopic (exact) mass is 543 g/mol. The van der Waals surface area contributed by atoms with Gasteiger partial charge in [0.2, 0.25) is 10.0 Å². The minimum Gasteiger partial charge on any atom is -0.357 e. The van der Waals surface area contributed by atoms with E-state index in [4.69, 9.17) is 11.6 Å².